The molecule has 20 heavy (non-hydrogen) atoms. The molecule has 0 atom stereocenters. The Balaban J connectivity index is 1.54. The second kappa shape index (κ2) is 6.41. The maximum absolute atomic E-state index is 5.71. The Kier molecular flexibility index (Phi) is 4.16. The Bertz CT molecular complexity index is 518. The highest BCUT2D eigenvalue weighted by molar-refractivity contribution is 5.35. The number of rotatable bonds is 5. The maximum Gasteiger partial charge on any atom is 0.191 e. The van der Waals surface area contributed by atoms with Crippen molar-refractivity contribution in [3.8, 4) is 17.2 Å². The molecule has 104 valence electrons. The van der Waals surface area contributed by atoms with Gasteiger partial charge in [0.15, 0.2) is 6.29 Å². The Hall–Kier alpha value is -2.04. The van der Waals surface area contributed by atoms with Gasteiger partial charge in [0.2, 0.25) is 0 Å². The molecule has 1 fully saturated rings. The first-order chi connectivity index (χ1) is 9.90. The molecule has 0 aromatic heterocycles. The third kappa shape index (κ3) is 3.50. The van der Waals surface area contributed by atoms with Gasteiger partial charge in [0.1, 0.15) is 23.9 Å². The molecule has 0 N–H and O–H groups in total. The predicted octanol–water partition coefficient (Wildman–Crippen LogP) is 3.23. The van der Waals surface area contributed by atoms with Crippen LogP contribution in [0.3, 0.4) is 0 Å². The van der Waals surface area contributed by atoms with Crippen molar-refractivity contribution in [3.63, 3.8) is 0 Å². The Labute approximate surface area is 117 Å². The van der Waals surface area contributed by atoms with Gasteiger partial charge in [0.25, 0.3) is 0 Å². The van der Waals surface area contributed by atoms with Crippen LogP contribution in [0.2, 0.25) is 0 Å². The third-order valence-electron chi connectivity index (χ3n) is 2.88. The summed E-state index contributed by atoms with van der Waals surface area (Å²) in [5.41, 5.74) is 0. The first-order valence-corrected chi connectivity index (χ1v) is 6.59. The topological polar surface area (TPSA) is 36.9 Å². The Morgan fingerprint density at radius 2 is 1.40 bits per heavy atom. The van der Waals surface area contributed by atoms with Gasteiger partial charge in [0, 0.05) is 0 Å². The molecule has 3 rings (SSSR count). The molecular weight excluding hydrogens is 256 g/mol. The highest BCUT2D eigenvalue weighted by Gasteiger charge is 2.16. The average Bonchev–Trinajstić information content (AvgIpc) is 3.01. The summed E-state index contributed by atoms with van der Waals surface area (Å²) >= 11 is 0. The lowest BCUT2D eigenvalue weighted by Crippen LogP contribution is -2.18. The molecule has 0 spiro atoms. The predicted molar refractivity (Wildman–Crippen MR) is 74.1 cm³/mol. The molecule has 0 unspecified atom stereocenters. The van der Waals surface area contributed by atoms with Crippen molar-refractivity contribution in [3.05, 3.63) is 54.6 Å². The molecule has 4 nitrogen and oxygen atoms in total. The van der Waals surface area contributed by atoms with E-state index in [4.69, 9.17) is 18.9 Å². The van der Waals surface area contributed by atoms with Gasteiger partial charge in [0.05, 0.1) is 13.2 Å². The van der Waals surface area contributed by atoms with E-state index in [9.17, 15) is 0 Å². The second-order valence-corrected chi connectivity index (χ2v) is 4.37. The van der Waals surface area contributed by atoms with Crippen molar-refractivity contribution in [1.82, 2.24) is 0 Å². The smallest absolute Gasteiger partial charge is 0.191 e. The van der Waals surface area contributed by atoms with Crippen LogP contribution in [0.5, 0.6) is 17.2 Å². The van der Waals surface area contributed by atoms with E-state index in [2.05, 4.69) is 0 Å². The van der Waals surface area contributed by atoms with Gasteiger partial charge in [-0.15, -0.1) is 0 Å². The van der Waals surface area contributed by atoms with Crippen molar-refractivity contribution in [2.75, 3.05) is 19.8 Å². The summed E-state index contributed by atoms with van der Waals surface area (Å²) in [5.74, 6) is 2.36. The zero-order chi connectivity index (χ0) is 13.6. The molecular formula is C16H16O4. The maximum atomic E-state index is 5.71. The van der Waals surface area contributed by atoms with Gasteiger partial charge in [-0.25, -0.2) is 0 Å². The van der Waals surface area contributed by atoms with Gasteiger partial charge >= 0.3 is 0 Å². The van der Waals surface area contributed by atoms with Crippen molar-refractivity contribution in [1.29, 1.82) is 0 Å². The standard InChI is InChI=1S/C16H16O4/c1-2-4-14(5-3-1)20-15-8-6-13(7-9-15)19-12-16-17-10-11-18-16/h1-9,16H,10-12H2. The summed E-state index contributed by atoms with van der Waals surface area (Å²) in [7, 11) is 0. The van der Waals surface area contributed by atoms with Gasteiger partial charge in [-0.1, -0.05) is 18.2 Å². The molecule has 0 saturated carbocycles. The molecule has 1 aliphatic heterocycles. The van der Waals surface area contributed by atoms with Crippen LogP contribution in [0.1, 0.15) is 0 Å². The van der Waals surface area contributed by atoms with E-state index in [1.165, 1.54) is 0 Å². The lowest BCUT2D eigenvalue weighted by Gasteiger charge is -2.11. The summed E-state index contributed by atoms with van der Waals surface area (Å²) in [6.07, 6.45) is -0.254. The fourth-order valence-electron chi connectivity index (χ4n) is 1.90. The van der Waals surface area contributed by atoms with E-state index in [1.807, 2.05) is 54.6 Å². The summed E-state index contributed by atoms with van der Waals surface area (Å²) in [5, 5.41) is 0. The van der Waals surface area contributed by atoms with E-state index >= 15 is 0 Å². The van der Waals surface area contributed by atoms with Crippen LogP contribution in [-0.4, -0.2) is 26.1 Å². The summed E-state index contributed by atoms with van der Waals surface area (Å²) in [4.78, 5) is 0. The van der Waals surface area contributed by atoms with E-state index in [-0.39, 0.29) is 6.29 Å². The van der Waals surface area contributed by atoms with Gasteiger partial charge in [-0.05, 0) is 36.4 Å². The van der Waals surface area contributed by atoms with Crippen LogP contribution in [-0.2, 0) is 9.47 Å². The minimum absolute atomic E-state index is 0.254. The fraction of sp³-hybridized carbons (Fsp3) is 0.250. The SMILES string of the molecule is c1ccc(Oc2ccc(OCC3OCCO3)cc2)cc1. The Morgan fingerprint density at radius 3 is 2.10 bits per heavy atom. The van der Waals surface area contributed by atoms with Crippen molar-refractivity contribution >= 4 is 0 Å². The summed E-state index contributed by atoms with van der Waals surface area (Å²) in [6.45, 7) is 1.68. The molecule has 1 saturated heterocycles. The minimum Gasteiger partial charge on any atom is -0.488 e. The highest BCUT2D eigenvalue weighted by Crippen LogP contribution is 2.23. The molecule has 0 bridgehead atoms. The Morgan fingerprint density at radius 1 is 0.800 bits per heavy atom. The van der Waals surface area contributed by atoms with Gasteiger partial charge in [-0.3, -0.25) is 0 Å². The quantitative estimate of drug-likeness (QED) is 0.837. The normalized spacial score (nSPS) is 15.2. The summed E-state index contributed by atoms with van der Waals surface area (Å²) < 4.78 is 21.9. The molecule has 1 aliphatic rings. The molecule has 0 aliphatic carbocycles. The third-order valence-corrected chi connectivity index (χ3v) is 2.88. The first kappa shape index (κ1) is 13.0. The van der Waals surface area contributed by atoms with E-state index < -0.39 is 0 Å². The largest absolute Gasteiger partial charge is 0.488 e. The zero-order valence-electron chi connectivity index (χ0n) is 11.0. The number of ether oxygens (including phenoxy) is 4. The lowest BCUT2D eigenvalue weighted by molar-refractivity contribution is -0.0684. The lowest BCUT2D eigenvalue weighted by atomic mass is 10.3. The van der Waals surface area contributed by atoms with Crippen LogP contribution in [0.4, 0.5) is 0 Å². The minimum atomic E-state index is -0.254. The number of benzene rings is 2. The molecule has 0 amide bonds. The molecule has 1 heterocycles. The van der Waals surface area contributed by atoms with Gasteiger partial charge < -0.3 is 18.9 Å². The first-order valence-electron chi connectivity index (χ1n) is 6.59. The van der Waals surface area contributed by atoms with E-state index in [1.54, 1.807) is 0 Å². The van der Waals surface area contributed by atoms with Crippen molar-refractivity contribution in [2.45, 2.75) is 6.29 Å². The van der Waals surface area contributed by atoms with Crippen molar-refractivity contribution < 1.29 is 18.9 Å². The number of hydrogen-bond donors (Lipinski definition) is 0. The van der Waals surface area contributed by atoms with Crippen LogP contribution in [0.25, 0.3) is 0 Å². The fourth-order valence-corrected chi connectivity index (χ4v) is 1.90. The average molecular weight is 272 g/mol. The van der Waals surface area contributed by atoms with Crippen LogP contribution < -0.4 is 9.47 Å². The van der Waals surface area contributed by atoms with Crippen LogP contribution in [0, 0.1) is 0 Å². The zero-order valence-corrected chi connectivity index (χ0v) is 11.0. The number of para-hydroxylation sites is 1. The second-order valence-electron chi connectivity index (χ2n) is 4.37. The van der Waals surface area contributed by atoms with Gasteiger partial charge in [-0.2, -0.15) is 0 Å². The molecule has 2 aromatic carbocycles. The highest BCUT2D eigenvalue weighted by atomic mass is 16.7. The van der Waals surface area contributed by atoms with Crippen LogP contribution in [0.15, 0.2) is 54.6 Å². The number of hydrogen-bond acceptors (Lipinski definition) is 4. The summed E-state index contributed by atoms with van der Waals surface area (Å²) in [6, 6.07) is 17.1. The molecule has 4 heteroatoms. The van der Waals surface area contributed by atoms with Crippen LogP contribution >= 0.6 is 0 Å². The van der Waals surface area contributed by atoms with E-state index in [0.717, 1.165) is 17.2 Å². The van der Waals surface area contributed by atoms with Crippen molar-refractivity contribution in [2.24, 2.45) is 0 Å². The molecule has 0 radical (unpaired) electrons. The monoisotopic (exact) mass is 272 g/mol. The molecule has 2 aromatic rings. The van der Waals surface area contributed by atoms with E-state index in [0.29, 0.717) is 19.8 Å².